The molecule has 0 unspecified atom stereocenters. The number of alkyl halides is 3. The molecule has 1 heterocycles. The van der Waals surface area contributed by atoms with Crippen molar-refractivity contribution in [2.75, 3.05) is 0 Å². The highest BCUT2D eigenvalue weighted by molar-refractivity contribution is 5.06. The molecule has 0 radical (unpaired) electrons. The molecule has 0 amide bonds. The summed E-state index contributed by atoms with van der Waals surface area (Å²) in [5.41, 5.74) is -1.21. The Morgan fingerprint density at radius 2 is 2.00 bits per heavy atom. The monoisotopic (exact) mass is 248 g/mol. The summed E-state index contributed by atoms with van der Waals surface area (Å²) in [6.07, 6.45) is -0.765. The van der Waals surface area contributed by atoms with Crippen molar-refractivity contribution in [2.45, 2.75) is 37.5 Å². The van der Waals surface area contributed by atoms with Gasteiger partial charge in [0, 0.05) is 19.4 Å². The molecule has 17 heavy (non-hydrogen) atoms. The maximum Gasteiger partial charge on any atom is 0.391 e. The van der Waals surface area contributed by atoms with Gasteiger partial charge in [0.1, 0.15) is 11.4 Å². The van der Waals surface area contributed by atoms with Gasteiger partial charge in [-0.05, 0) is 25.7 Å². The van der Waals surface area contributed by atoms with Gasteiger partial charge >= 0.3 is 6.18 Å². The Balaban J connectivity index is 2.11. The topological polar surface area (TPSA) is 38.0 Å². The molecule has 0 atom stereocenters. The second kappa shape index (κ2) is 4.01. The van der Waals surface area contributed by atoms with Gasteiger partial charge in [-0.2, -0.15) is 13.2 Å². The fourth-order valence-corrected chi connectivity index (χ4v) is 2.46. The van der Waals surface area contributed by atoms with Crippen molar-refractivity contribution in [3.8, 4) is 0 Å². The standard InChI is InChI=1S/C11H15F3N2O/c1-16-7-6-15-9(16)10(17)4-2-8(3-5-10)11(12,13)14/h6-8,17H,2-5H2,1H3. The maximum absolute atomic E-state index is 12.5. The van der Waals surface area contributed by atoms with E-state index in [1.165, 1.54) is 0 Å². The molecule has 96 valence electrons. The second-order valence-corrected chi connectivity index (χ2v) is 4.71. The molecule has 0 spiro atoms. The summed E-state index contributed by atoms with van der Waals surface area (Å²) in [4.78, 5) is 4.03. The van der Waals surface area contributed by atoms with Gasteiger partial charge in [-0.1, -0.05) is 0 Å². The molecule has 2 rings (SSSR count). The number of imidazole rings is 1. The van der Waals surface area contributed by atoms with Gasteiger partial charge in [-0.15, -0.1) is 0 Å². The van der Waals surface area contributed by atoms with Crippen LogP contribution in [0.3, 0.4) is 0 Å². The Morgan fingerprint density at radius 3 is 2.41 bits per heavy atom. The van der Waals surface area contributed by atoms with Crippen LogP contribution in [0.1, 0.15) is 31.5 Å². The largest absolute Gasteiger partial charge is 0.391 e. The van der Waals surface area contributed by atoms with Crippen molar-refractivity contribution in [2.24, 2.45) is 13.0 Å². The van der Waals surface area contributed by atoms with E-state index < -0.39 is 17.7 Å². The third kappa shape index (κ3) is 2.31. The highest BCUT2D eigenvalue weighted by Crippen LogP contribution is 2.44. The third-order valence-corrected chi connectivity index (χ3v) is 3.51. The molecule has 3 nitrogen and oxygen atoms in total. The number of hydrogen-bond acceptors (Lipinski definition) is 2. The quantitative estimate of drug-likeness (QED) is 0.828. The van der Waals surface area contributed by atoms with Gasteiger partial charge in [0.05, 0.1) is 5.92 Å². The van der Waals surface area contributed by atoms with Crippen molar-refractivity contribution in [3.63, 3.8) is 0 Å². The zero-order chi connectivity index (χ0) is 12.7. The molecular formula is C11H15F3N2O. The first-order valence-corrected chi connectivity index (χ1v) is 5.60. The lowest BCUT2D eigenvalue weighted by Crippen LogP contribution is -2.38. The van der Waals surface area contributed by atoms with Gasteiger partial charge in [0.2, 0.25) is 0 Å². The molecule has 0 saturated heterocycles. The van der Waals surface area contributed by atoms with Crippen molar-refractivity contribution in [1.82, 2.24) is 9.55 Å². The first kappa shape index (κ1) is 12.4. The molecule has 1 fully saturated rings. The van der Waals surface area contributed by atoms with E-state index in [0.29, 0.717) is 5.82 Å². The van der Waals surface area contributed by atoms with E-state index in [2.05, 4.69) is 4.98 Å². The van der Waals surface area contributed by atoms with Crippen LogP contribution in [-0.4, -0.2) is 20.8 Å². The Morgan fingerprint density at radius 1 is 1.41 bits per heavy atom. The first-order valence-electron chi connectivity index (χ1n) is 5.60. The van der Waals surface area contributed by atoms with Crippen molar-refractivity contribution in [1.29, 1.82) is 0 Å². The Kier molecular flexibility index (Phi) is 2.93. The minimum absolute atomic E-state index is 0.0349. The lowest BCUT2D eigenvalue weighted by Gasteiger charge is -2.36. The molecule has 1 aromatic rings. The van der Waals surface area contributed by atoms with E-state index in [-0.39, 0.29) is 25.7 Å². The lowest BCUT2D eigenvalue weighted by molar-refractivity contribution is -0.193. The summed E-state index contributed by atoms with van der Waals surface area (Å²) >= 11 is 0. The number of aryl methyl sites for hydroxylation is 1. The number of nitrogens with zero attached hydrogens (tertiary/aromatic N) is 2. The van der Waals surface area contributed by atoms with Gasteiger partial charge in [-0.3, -0.25) is 0 Å². The zero-order valence-electron chi connectivity index (χ0n) is 9.54. The third-order valence-electron chi connectivity index (χ3n) is 3.51. The van der Waals surface area contributed by atoms with E-state index in [4.69, 9.17) is 0 Å². The Bertz CT molecular complexity index is 392. The molecule has 1 N–H and O–H groups in total. The van der Waals surface area contributed by atoms with Gasteiger partial charge in [0.25, 0.3) is 0 Å². The fraction of sp³-hybridized carbons (Fsp3) is 0.727. The summed E-state index contributed by atoms with van der Waals surface area (Å²) < 4.78 is 39.2. The van der Waals surface area contributed by atoms with Crippen LogP contribution >= 0.6 is 0 Å². The number of aromatic nitrogens is 2. The van der Waals surface area contributed by atoms with E-state index in [1.807, 2.05) is 0 Å². The van der Waals surface area contributed by atoms with Crippen molar-refractivity contribution in [3.05, 3.63) is 18.2 Å². The van der Waals surface area contributed by atoms with E-state index in [0.717, 1.165) is 0 Å². The number of halogens is 3. The van der Waals surface area contributed by atoms with Crippen LogP contribution in [0.2, 0.25) is 0 Å². The molecule has 0 aromatic carbocycles. The molecule has 0 aliphatic heterocycles. The summed E-state index contributed by atoms with van der Waals surface area (Å²) in [5.74, 6) is -0.832. The molecule has 0 bridgehead atoms. The summed E-state index contributed by atoms with van der Waals surface area (Å²) in [6.45, 7) is 0. The first-order chi connectivity index (χ1) is 7.83. The molecule has 6 heteroatoms. The van der Waals surface area contributed by atoms with Crippen LogP contribution in [0.25, 0.3) is 0 Å². The molecular weight excluding hydrogens is 233 g/mol. The molecule has 1 aromatic heterocycles. The minimum Gasteiger partial charge on any atom is -0.382 e. The summed E-state index contributed by atoms with van der Waals surface area (Å²) in [7, 11) is 1.73. The van der Waals surface area contributed by atoms with Crippen LogP contribution in [0.5, 0.6) is 0 Å². The Labute approximate surface area is 97.3 Å². The second-order valence-electron chi connectivity index (χ2n) is 4.71. The minimum atomic E-state index is -4.15. The smallest absolute Gasteiger partial charge is 0.382 e. The maximum atomic E-state index is 12.5. The highest BCUT2D eigenvalue weighted by Gasteiger charge is 2.46. The van der Waals surface area contributed by atoms with E-state index in [9.17, 15) is 18.3 Å². The fourth-order valence-electron chi connectivity index (χ4n) is 2.46. The van der Waals surface area contributed by atoms with Crippen LogP contribution in [0.15, 0.2) is 12.4 Å². The lowest BCUT2D eigenvalue weighted by atomic mass is 9.78. The Hall–Kier alpha value is -1.04. The number of hydrogen-bond donors (Lipinski definition) is 1. The predicted octanol–water partition coefficient (Wildman–Crippen LogP) is 2.36. The zero-order valence-corrected chi connectivity index (χ0v) is 9.54. The molecule has 1 aliphatic carbocycles. The summed E-state index contributed by atoms with van der Waals surface area (Å²) in [5, 5.41) is 10.3. The van der Waals surface area contributed by atoms with Crippen molar-refractivity contribution < 1.29 is 18.3 Å². The van der Waals surface area contributed by atoms with E-state index >= 15 is 0 Å². The number of aliphatic hydroxyl groups is 1. The van der Waals surface area contributed by atoms with E-state index in [1.54, 1.807) is 24.0 Å². The normalized spacial score (nSPS) is 30.5. The van der Waals surface area contributed by atoms with Crippen LogP contribution in [0.4, 0.5) is 13.2 Å². The predicted molar refractivity (Wildman–Crippen MR) is 55.1 cm³/mol. The van der Waals surface area contributed by atoms with Crippen LogP contribution in [0, 0.1) is 5.92 Å². The highest BCUT2D eigenvalue weighted by atomic mass is 19.4. The average molecular weight is 248 g/mol. The average Bonchev–Trinajstić information content (AvgIpc) is 2.64. The van der Waals surface area contributed by atoms with Crippen LogP contribution < -0.4 is 0 Å². The molecule has 1 aliphatic rings. The van der Waals surface area contributed by atoms with Gasteiger partial charge < -0.3 is 9.67 Å². The SMILES string of the molecule is Cn1ccnc1C1(O)CCC(C(F)(F)F)CC1. The van der Waals surface area contributed by atoms with Crippen LogP contribution in [-0.2, 0) is 12.6 Å². The van der Waals surface area contributed by atoms with Crippen molar-refractivity contribution >= 4 is 0 Å². The number of rotatable bonds is 1. The van der Waals surface area contributed by atoms with Gasteiger partial charge in [-0.25, -0.2) is 4.98 Å². The summed E-state index contributed by atoms with van der Waals surface area (Å²) in [6, 6.07) is 0. The molecule has 1 saturated carbocycles. The van der Waals surface area contributed by atoms with Gasteiger partial charge in [0.15, 0.2) is 0 Å².